The summed E-state index contributed by atoms with van der Waals surface area (Å²) in [6.07, 6.45) is -5.41. The number of aliphatic hydroxyl groups excluding tert-OH is 1. The molecule has 0 spiro atoms. The van der Waals surface area contributed by atoms with Gasteiger partial charge < -0.3 is 19.1 Å². The summed E-state index contributed by atoms with van der Waals surface area (Å²) in [5.41, 5.74) is 4.74. The van der Waals surface area contributed by atoms with Gasteiger partial charge in [0.1, 0.15) is 17.9 Å². The number of nitrogens with one attached hydrogen (secondary N) is 2. The highest BCUT2D eigenvalue weighted by molar-refractivity contribution is 7.52. The standard InChI is InChI=1S/C24H26FN6O9P/c1-3-37-22(34)14(2)28-41(36,40-17-10-6-8-15-7-4-5-9-16(15)17)38-13-24(29-30-26)20(25)19(33)21(39-24)31-12-11-18(32)27-23(31)35/h4-12,14,19-21,33H,3,13H2,1-2H3,(H,28,36)(H,27,32,35)/t14-,19+,20-,21?,24+,41?/m0/s1. The van der Waals surface area contributed by atoms with Crippen molar-refractivity contribution in [2.75, 3.05) is 13.2 Å². The van der Waals surface area contributed by atoms with Gasteiger partial charge in [-0.05, 0) is 30.8 Å². The van der Waals surface area contributed by atoms with E-state index in [9.17, 15) is 29.6 Å². The van der Waals surface area contributed by atoms with E-state index in [0.717, 1.165) is 17.6 Å². The third-order valence-electron chi connectivity index (χ3n) is 6.09. The largest absolute Gasteiger partial charge is 0.465 e. The first-order valence-electron chi connectivity index (χ1n) is 12.3. The fourth-order valence-electron chi connectivity index (χ4n) is 4.13. The number of fused-ring (bicyclic) bond motifs is 1. The van der Waals surface area contributed by atoms with E-state index in [-0.39, 0.29) is 12.4 Å². The van der Waals surface area contributed by atoms with Crippen LogP contribution in [0.2, 0.25) is 0 Å². The maximum absolute atomic E-state index is 15.5. The van der Waals surface area contributed by atoms with E-state index in [2.05, 4.69) is 15.1 Å². The molecule has 0 amide bonds. The van der Waals surface area contributed by atoms with Crippen LogP contribution in [0.25, 0.3) is 21.2 Å². The number of benzene rings is 2. The van der Waals surface area contributed by atoms with Crippen LogP contribution in [0.3, 0.4) is 0 Å². The lowest BCUT2D eigenvalue weighted by molar-refractivity contribution is -0.144. The van der Waals surface area contributed by atoms with Crippen molar-refractivity contribution in [1.29, 1.82) is 0 Å². The van der Waals surface area contributed by atoms with Gasteiger partial charge in [-0.2, -0.15) is 5.09 Å². The number of ether oxygens (including phenoxy) is 2. The van der Waals surface area contributed by atoms with Gasteiger partial charge in [-0.25, -0.2) is 13.8 Å². The quantitative estimate of drug-likeness (QED) is 0.0975. The number of hydrogen-bond donors (Lipinski definition) is 3. The zero-order valence-corrected chi connectivity index (χ0v) is 22.6. The molecular formula is C24H26FN6O9P. The summed E-state index contributed by atoms with van der Waals surface area (Å²) in [4.78, 5) is 40.5. The predicted molar refractivity (Wildman–Crippen MR) is 142 cm³/mol. The fourth-order valence-corrected chi connectivity index (χ4v) is 5.66. The number of halogens is 1. The van der Waals surface area contributed by atoms with E-state index in [1.165, 1.54) is 13.0 Å². The number of azide groups is 1. The third kappa shape index (κ3) is 6.33. The first kappa shape index (κ1) is 29.9. The highest BCUT2D eigenvalue weighted by Gasteiger charge is 2.58. The van der Waals surface area contributed by atoms with Crippen LogP contribution < -0.4 is 20.9 Å². The molecule has 15 nitrogen and oxygen atoms in total. The van der Waals surface area contributed by atoms with Crippen LogP contribution in [0, 0.1) is 0 Å². The molecule has 6 atom stereocenters. The van der Waals surface area contributed by atoms with Crippen molar-refractivity contribution < 1.29 is 37.4 Å². The molecule has 41 heavy (non-hydrogen) atoms. The summed E-state index contributed by atoms with van der Waals surface area (Å²) in [5, 5.41) is 17.6. The number of aromatic amines is 1. The Labute approximate surface area is 231 Å². The molecule has 3 N–H and O–H groups in total. The van der Waals surface area contributed by atoms with E-state index in [4.69, 9.17) is 18.5 Å². The number of carbonyl (C=O) groups excluding carboxylic acids is 1. The highest BCUT2D eigenvalue weighted by Crippen LogP contribution is 2.49. The molecule has 17 heteroatoms. The average molecular weight is 592 g/mol. The summed E-state index contributed by atoms with van der Waals surface area (Å²) in [5.74, 6) is -0.717. The van der Waals surface area contributed by atoms with Gasteiger partial charge in [0.2, 0.25) is 5.72 Å². The van der Waals surface area contributed by atoms with E-state index < -0.39 is 61.8 Å². The van der Waals surface area contributed by atoms with Crippen molar-refractivity contribution in [3.8, 4) is 5.75 Å². The minimum absolute atomic E-state index is 0.0287. The molecule has 0 bridgehead atoms. The van der Waals surface area contributed by atoms with Crippen molar-refractivity contribution in [2.24, 2.45) is 5.11 Å². The summed E-state index contributed by atoms with van der Waals surface area (Å²) in [7, 11) is -4.63. The Morgan fingerprint density at radius 1 is 1.32 bits per heavy atom. The molecular weight excluding hydrogens is 566 g/mol. The van der Waals surface area contributed by atoms with Crippen molar-refractivity contribution >= 4 is 24.5 Å². The van der Waals surface area contributed by atoms with Gasteiger partial charge in [0.05, 0.1) is 13.2 Å². The van der Waals surface area contributed by atoms with Gasteiger partial charge in [0.25, 0.3) is 5.56 Å². The van der Waals surface area contributed by atoms with Crippen molar-refractivity contribution in [3.05, 3.63) is 86.0 Å². The van der Waals surface area contributed by atoms with E-state index in [1.54, 1.807) is 43.3 Å². The molecule has 4 rings (SSSR count). The summed E-state index contributed by atoms with van der Waals surface area (Å²) >= 11 is 0. The van der Waals surface area contributed by atoms with Gasteiger partial charge in [-0.3, -0.25) is 23.7 Å². The minimum Gasteiger partial charge on any atom is -0.465 e. The third-order valence-corrected chi connectivity index (χ3v) is 7.70. The molecule has 0 aliphatic carbocycles. The summed E-state index contributed by atoms with van der Waals surface area (Å²) in [6.45, 7) is 1.83. The number of H-pyrrole nitrogens is 1. The van der Waals surface area contributed by atoms with Crippen LogP contribution in [0.1, 0.15) is 20.1 Å². The van der Waals surface area contributed by atoms with Crippen LogP contribution >= 0.6 is 7.75 Å². The lowest BCUT2D eigenvalue weighted by Crippen LogP contribution is -2.43. The lowest BCUT2D eigenvalue weighted by Gasteiger charge is -2.29. The number of aliphatic hydroxyl groups is 1. The Balaban J connectivity index is 1.68. The molecule has 2 heterocycles. The Morgan fingerprint density at radius 2 is 2.05 bits per heavy atom. The SMILES string of the molecule is CCOC(=O)[C@H](C)NP(=O)(OC[C@@]1(N=[N+]=[N-])OC(n2ccc(=O)[nH]c2=O)[C@H](O)[C@@H]1F)Oc1cccc2ccccc12. The zero-order valence-electron chi connectivity index (χ0n) is 21.7. The number of alkyl halides is 1. The number of nitrogens with zero attached hydrogens (tertiary/aromatic N) is 4. The number of carbonyl (C=O) groups is 1. The smallest absolute Gasteiger partial charge is 0.459 e. The van der Waals surface area contributed by atoms with Gasteiger partial charge in [-0.15, -0.1) is 0 Å². The number of aromatic nitrogens is 2. The van der Waals surface area contributed by atoms with Gasteiger partial charge in [0, 0.05) is 22.6 Å². The molecule has 0 radical (unpaired) electrons. The molecule has 2 unspecified atom stereocenters. The normalized spacial score (nSPS) is 24.2. The van der Waals surface area contributed by atoms with E-state index in [0.29, 0.717) is 9.95 Å². The summed E-state index contributed by atoms with van der Waals surface area (Å²) in [6, 6.07) is 11.5. The average Bonchev–Trinajstić information content (AvgIpc) is 3.18. The highest BCUT2D eigenvalue weighted by atomic mass is 31.2. The first-order chi connectivity index (χ1) is 19.5. The van der Waals surface area contributed by atoms with Crippen LogP contribution in [-0.2, 0) is 23.4 Å². The molecule has 0 saturated carbocycles. The van der Waals surface area contributed by atoms with E-state index in [1.807, 2.05) is 4.98 Å². The molecule has 1 fully saturated rings. The molecule has 1 aliphatic rings. The molecule has 3 aromatic rings. The van der Waals surface area contributed by atoms with Gasteiger partial charge in [0.15, 0.2) is 12.4 Å². The second-order valence-corrected chi connectivity index (χ2v) is 10.6. The zero-order chi connectivity index (χ0) is 29.8. The molecule has 1 aliphatic heterocycles. The van der Waals surface area contributed by atoms with Crippen LogP contribution in [0.15, 0.2) is 69.4 Å². The topological polar surface area (TPSA) is 207 Å². The maximum atomic E-state index is 15.5. The second kappa shape index (κ2) is 12.2. The van der Waals surface area contributed by atoms with Crippen molar-refractivity contribution in [1.82, 2.24) is 14.6 Å². The van der Waals surface area contributed by atoms with Crippen LogP contribution in [0.5, 0.6) is 5.75 Å². The number of rotatable bonds is 11. The molecule has 1 aromatic heterocycles. The molecule has 2 aromatic carbocycles. The van der Waals surface area contributed by atoms with Crippen molar-refractivity contribution in [3.63, 3.8) is 0 Å². The molecule has 218 valence electrons. The predicted octanol–water partition coefficient (Wildman–Crippen LogP) is 2.67. The van der Waals surface area contributed by atoms with Crippen LogP contribution in [0.4, 0.5) is 4.39 Å². The first-order valence-corrected chi connectivity index (χ1v) is 13.8. The van der Waals surface area contributed by atoms with Crippen LogP contribution in [-0.4, -0.2) is 57.9 Å². The summed E-state index contributed by atoms with van der Waals surface area (Å²) < 4.78 is 52.0. The Hall–Kier alpha value is -4.04. The number of hydrogen-bond acceptors (Lipinski definition) is 10. The van der Waals surface area contributed by atoms with Gasteiger partial charge >= 0.3 is 19.4 Å². The number of esters is 1. The Kier molecular flexibility index (Phi) is 8.92. The van der Waals surface area contributed by atoms with Crippen molar-refractivity contribution in [2.45, 2.75) is 44.1 Å². The minimum atomic E-state index is -4.63. The fraction of sp³-hybridized carbons (Fsp3) is 0.375. The van der Waals surface area contributed by atoms with E-state index >= 15 is 4.39 Å². The Morgan fingerprint density at radius 3 is 2.76 bits per heavy atom. The lowest BCUT2D eigenvalue weighted by atomic mass is 10.1. The maximum Gasteiger partial charge on any atom is 0.459 e. The molecule has 1 saturated heterocycles. The second-order valence-electron chi connectivity index (χ2n) is 8.89. The Bertz CT molecular complexity index is 1640. The monoisotopic (exact) mass is 592 g/mol. The van der Waals surface area contributed by atoms with Gasteiger partial charge in [-0.1, -0.05) is 41.5 Å².